The molecule has 0 atom stereocenters. The van der Waals surface area contributed by atoms with E-state index in [1.54, 1.807) is 48.2 Å². The van der Waals surface area contributed by atoms with Crippen molar-refractivity contribution in [3.8, 4) is 10.6 Å². The molecule has 4 aromatic rings. The maximum Gasteiger partial charge on any atom is 0.270 e. The molecule has 2 heterocycles. The lowest BCUT2D eigenvalue weighted by molar-refractivity contribution is 0.0959. The van der Waals surface area contributed by atoms with Gasteiger partial charge in [-0.15, -0.1) is 11.3 Å². The Morgan fingerprint density at radius 2 is 1.97 bits per heavy atom. The molecule has 7 nitrogen and oxygen atoms in total. The van der Waals surface area contributed by atoms with Crippen LogP contribution in [0.3, 0.4) is 0 Å². The number of benzene rings is 2. The number of halogens is 1. The Kier molecular flexibility index (Phi) is 5.27. The van der Waals surface area contributed by atoms with E-state index in [1.165, 1.54) is 11.3 Å². The number of anilines is 1. The minimum absolute atomic E-state index is 0.170. The zero-order valence-electron chi connectivity index (χ0n) is 16.3. The lowest BCUT2D eigenvalue weighted by Gasteiger charge is -2.12. The number of carbonyl (C=O) groups is 1. The molecule has 0 spiro atoms. The number of nitrogens with one attached hydrogen (secondary N) is 1. The number of rotatable bonds is 4. The van der Waals surface area contributed by atoms with Crippen LogP contribution in [0.15, 0.2) is 46.6 Å². The number of aromatic nitrogens is 3. The van der Waals surface area contributed by atoms with E-state index in [9.17, 15) is 9.59 Å². The smallest absolute Gasteiger partial charge is 0.270 e. The Morgan fingerprint density at radius 3 is 2.67 bits per heavy atom. The molecule has 152 valence electrons. The van der Waals surface area contributed by atoms with Gasteiger partial charge in [-0.3, -0.25) is 14.2 Å². The molecule has 4 rings (SSSR count). The van der Waals surface area contributed by atoms with Crippen LogP contribution in [-0.2, 0) is 6.54 Å². The number of thiazole rings is 1. The Hall–Kier alpha value is -3.23. The molecule has 2 aromatic heterocycles. The molecule has 0 fully saturated rings. The van der Waals surface area contributed by atoms with Crippen LogP contribution < -0.4 is 16.6 Å². The Labute approximate surface area is 181 Å². The van der Waals surface area contributed by atoms with Gasteiger partial charge in [-0.25, -0.2) is 9.97 Å². The summed E-state index contributed by atoms with van der Waals surface area (Å²) in [4.78, 5) is 33.9. The van der Waals surface area contributed by atoms with Gasteiger partial charge in [0.25, 0.3) is 11.5 Å². The summed E-state index contributed by atoms with van der Waals surface area (Å²) in [5, 5.41) is 5.88. The van der Waals surface area contributed by atoms with Gasteiger partial charge >= 0.3 is 0 Å². The zero-order valence-corrected chi connectivity index (χ0v) is 17.8. The quantitative estimate of drug-likeness (QED) is 0.474. The molecule has 9 heteroatoms. The van der Waals surface area contributed by atoms with Gasteiger partial charge in [0, 0.05) is 28.7 Å². The Bertz CT molecular complexity index is 1330. The van der Waals surface area contributed by atoms with Gasteiger partial charge in [0.1, 0.15) is 16.5 Å². The Balaban J connectivity index is 1.79. The molecular formula is C21H18ClN5O2S. The zero-order chi connectivity index (χ0) is 21.4. The summed E-state index contributed by atoms with van der Waals surface area (Å²) < 4.78 is 1.61. The van der Waals surface area contributed by atoms with Crippen LogP contribution in [0.4, 0.5) is 5.69 Å². The van der Waals surface area contributed by atoms with Crippen molar-refractivity contribution in [3.63, 3.8) is 0 Å². The van der Waals surface area contributed by atoms with E-state index in [0.29, 0.717) is 50.2 Å². The number of nitrogens with two attached hydrogens (primary N) is 1. The average Bonchev–Trinajstić information content (AvgIpc) is 3.22. The first-order valence-corrected chi connectivity index (χ1v) is 10.4. The lowest BCUT2D eigenvalue weighted by Crippen LogP contribution is -2.24. The molecule has 0 aliphatic carbocycles. The summed E-state index contributed by atoms with van der Waals surface area (Å²) in [5.41, 5.74) is 8.91. The highest BCUT2D eigenvalue weighted by Gasteiger charge is 2.16. The lowest BCUT2D eigenvalue weighted by atomic mass is 10.1. The van der Waals surface area contributed by atoms with Crippen molar-refractivity contribution < 1.29 is 4.79 Å². The van der Waals surface area contributed by atoms with Crippen LogP contribution in [0.25, 0.3) is 21.5 Å². The van der Waals surface area contributed by atoms with Gasteiger partial charge in [0.15, 0.2) is 0 Å². The summed E-state index contributed by atoms with van der Waals surface area (Å²) in [6, 6.07) is 10.7. The first-order valence-electron chi connectivity index (χ1n) is 9.10. The molecule has 0 aliphatic heterocycles. The molecule has 0 aliphatic rings. The van der Waals surface area contributed by atoms with Crippen LogP contribution in [0.1, 0.15) is 21.9 Å². The highest BCUT2D eigenvalue weighted by molar-refractivity contribution is 7.13. The number of hydrogen-bond donors (Lipinski definition) is 2. The predicted molar refractivity (Wildman–Crippen MR) is 120 cm³/mol. The number of hydrogen-bond acceptors (Lipinski definition) is 6. The fourth-order valence-electron chi connectivity index (χ4n) is 3.17. The van der Waals surface area contributed by atoms with Crippen LogP contribution >= 0.6 is 22.9 Å². The third-order valence-corrected chi connectivity index (χ3v) is 5.89. The minimum atomic E-state index is -0.268. The first-order chi connectivity index (χ1) is 14.4. The standard InChI is InChI=1S/C21H18ClN5O2S/c1-11-25-17-8-14(20-26-18(10-30-20)19(28)24-2)16(23)7-15(17)21(29)27(11)9-12-3-5-13(22)6-4-12/h3-8,10H,9,23H2,1-2H3,(H,24,28). The number of amides is 1. The number of nitrogen functional groups attached to an aromatic ring is 1. The minimum Gasteiger partial charge on any atom is -0.398 e. The predicted octanol–water partition coefficient (Wildman–Crippen LogP) is 3.47. The summed E-state index contributed by atoms with van der Waals surface area (Å²) in [7, 11) is 1.55. The van der Waals surface area contributed by atoms with Gasteiger partial charge in [0.2, 0.25) is 0 Å². The number of carbonyl (C=O) groups excluding carboxylic acids is 1. The average molecular weight is 440 g/mol. The van der Waals surface area contributed by atoms with Crippen molar-refractivity contribution in [3.05, 3.63) is 74.2 Å². The number of nitrogens with zero attached hydrogens (tertiary/aromatic N) is 3. The van der Waals surface area contributed by atoms with Crippen LogP contribution in [0, 0.1) is 6.92 Å². The molecule has 0 saturated carbocycles. The molecule has 3 N–H and O–H groups in total. The fourth-order valence-corrected chi connectivity index (χ4v) is 4.13. The second-order valence-corrected chi connectivity index (χ2v) is 8.04. The van der Waals surface area contributed by atoms with E-state index < -0.39 is 0 Å². The van der Waals surface area contributed by atoms with E-state index >= 15 is 0 Å². The first kappa shape index (κ1) is 20.1. The van der Waals surface area contributed by atoms with E-state index in [1.807, 2.05) is 12.1 Å². The van der Waals surface area contributed by atoms with Crippen molar-refractivity contribution in [1.82, 2.24) is 19.9 Å². The maximum absolute atomic E-state index is 13.1. The third-order valence-electron chi connectivity index (χ3n) is 4.76. The van der Waals surface area contributed by atoms with Crippen molar-refractivity contribution in [2.24, 2.45) is 0 Å². The van der Waals surface area contributed by atoms with Crippen LogP contribution in [-0.4, -0.2) is 27.5 Å². The van der Waals surface area contributed by atoms with Gasteiger partial charge in [-0.2, -0.15) is 0 Å². The van der Waals surface area contributed by atoms with E-state index in [2.05, 4.69) is 15.3 Å². The Morgan fingerprint density at radius 1 is 1.23 bits per heavy atom. The van der Waals surface area contributed by atoms with Crippen LogP contribution in [0.2, 0.25) is 5.02 Å². The van der Waals surface area contributed by atoms with Gasteiger partial charge in [0.05, 0.1) is 17.4 Å². The third kappa shape index (κ3) is 3.67. The number of aryl methyl sites for hydroxylation is 1. The molecule has 0 unspecified atom stereocenters. The highest BCUT2D eigenvalue weighted by atomic mass is 35.5. The summed E-state index contributed by atoms with van der Waals surface area (Å²) >= 11 is 7.25. The second-order valence-electron chi connectivity index (χ2n) is 6.75. The molecule has 1 amide bonds. The molecule has 30 heavy (non-hydrogen) atoms. The molecule has 0 radical (unpaired) electrons. The van der Waals surface area contributed by atoms with E-state index in [-0.39, 0.29) is 11.5 Å². The van der Waals surface area contributed by atoms with Gasteiger partial charge in [-0.05, 0) is 36.8 Å². The van der Waals surface area contributed by atoms with Crippen molar-refractivity contribution in [2.75, 3.05) is 12.8 Å². The summed E-state index contributed by atoms with van der Waals surface area (Å²) in [5.74, 6) is 0.319. The molecular weight excluding hydrogens is 422 g/mol. The van der Waals surface area contributed by atoms with Gasteiger partial charge < -0.3 is 11.1 Å². The fraction of sp³-hybridized carbons (Fsp3) is 0.143. The van der Waals surface area contributed by atoms with Gasteiger partial charge in [-0.1, -0.05) is 23.7 Å². The maximum atomic E-state index is 13.1. The highest BCUT2D eigenvalue weighted by Crippen LogP contribution is 2.31. The van der Waals surface area contributed by atoms with Crippen molar-refractivity contribution in [1.29, 1.82) is 0 Å². The second kappa shape index (κ2) is 7.89. The normalized spacial score (nSPS) is 11.0. The van der Waals surface area contributed by atoms with Crippen molar-refractivity contribution >= 4 is 45.4 Å². The summed E-state index contributed by atoms with van der Waals surface area (Å²) in [6.45, 7) is 2.17. The molecule has 2 aromatic carbocycles. The molecule has 0 saturated heterocycles. The monoisotopic (exact) mass is 439 g/mol. The molecule has 0 bridgehead atoms. The summed E-state index contributed by atoms with van der Waals surface area (Å²) in [6.07, 6.45) is 0. The van der Waals surface area contributed by atoms with Crippen molar-refractivity contribution in [2.45, 2.75) is 13.5 Å². The topological polar surface area (TPSA) is 103 Å². The largest absolute Gasteiger partial charge is 0.398 e. The van der Waals surface area contributed by atoms with Crippen LogP contribution in [0.5, 0.6) is 0 Å². The van der Waals surface area contributed by atoms with E-state index in [0.717, 1.165) is 5.56 Å². The number of fused-ring (bicyclic) bond motifs is 1. The SMILES string of the molecule is CNC(=O)c1csc(-c2cc3nc(C)n(Cc4ccc(Cl)cc4)c(=O)c3cc2N)n1. The van der Waals surface area contributed by atoms with E-state index in [4.69, 9.17) is 17.3 Å².